The number of benzene rings is 8. The van der Waals surface area contributed by atoms with Crippen molar-refractivity contribution < 1.29 is 34.1 Å². The third-order valence-corrected chi connectivity index (χ3v) is 17.4. The fraction of sp³-hybridized carbons (Fsp3) is 0.0943. The average molecular weight is 1040 g/mol. The molecule has 8 aromatic carbocycles. The molecule has 328 valence electrons. The zero-order valence-electron chi connectivity index (χ0n) is 35.1. The van der Waals surface area contributed by atoms with Crippen molar-refractivity contribution in [2.45, 2.75) is 17.3 Å². The second-order valence-corrected chi connectivity index (χ2v) is 23.1. The van der Waals surface area contributed by atoms with Gasteiger partial charge < -0.3 is 30.4 Å². The molecule has 2 aliphatic heterocycles. The number of thiol groups is 1. The molecule has 0 radical (unpaired) electrons. The zero-order valence-corrected chi connectivity index (χ0v) is 41.3. The van der Waals surface area contributed by atoms with Crippen molar-refractivity contribution in [3.63, 3.8) is 0 Å². The summed E-state index contributed by atoms with van der Waals surface area (Å²) in [6.45, 7) is 0.348. The molecule has 0 amide bonds. The van der Waals surface area contributed by atoms with E-state index in [0.29, 0.717) is 0 Å². The number of rotatable bonds is 11. The van der Waals surface area contributed by atoms with Crippen molar-refractivity contribution in [2.75, 3.05) is 13.6 Å². The van der Waals surface area contributed by atoms with Gasteiger partial charge in [0.2, 0.25) is 13.6 Å². The third-order valence-electron chi connectivity index (χ3n) is 11.2. The maximum atomic E-state index is 6.31. The average Bonchev–Trinajstić information content (AvgIpc) is 4.06. The number of hydrogen-bond donors (Lipinski definition) is 3. The minimum absolute atomic E-state index is 0.163. The molecule has 0 fully saturated rings. The quantitative estimate of drug-likeness (QED) is 0.0680. The summed E-state index contributed by atoms with van der Waals surface area (Å²) in [4.78, 5) is 0. The molecule has 0 aliphatic carbocycles. The van der Waals surface area contributed by atoms with Crippen molar-refractivity contribution in [1.29, 1.82) is 0 Å². The van der Waals surface area contributed by atoms with Gasteiger partial charge in [-0.25, -0.2) is 0 Å². The summed E-state index contributed by atoms with van der Waals surface area (Å²) < 4.78 is 24.6. The molecule has 6 nitrogen and oxygen atoms in total. The maximum absolute atomic E-state index is 6.31. The van der Waals surface area contributed by atoms with Crippen molar-refractivity contribution >= 4 is 79.7 Å². The molecule has 12 heteroatoms. The van der Waals surface area contributed by atoms with E-state index in [9.17, 15) is 0 Å². The van der Waals surface area contributed by atoms with Gasteiger partial charge in [0.25, 0.3) is 0 Å². The molecule has 2 unspecified atom stereocenters. The standard InChI is InChI=1S/C39H30O4P2S.C14H16N2.2ClH.Ru/c46-39(35-33(23-21-31-37(35)42-25-40-31)44(27-13-5-1-6-14-27)28-15-7-2-8-16-28)36-34(24-22-32-38(36)43-26-41-32)45(29-17-9-3-10-18-29)30-19-11-4-12-20-30;15-13(11-7-3-1-4-8-11)14(16)12-9-5-2-6-10-12;;;/h1-24,39,46H,25-26H2;1-10,13-14H,15-16H2;2*1H;/q;;;;+4. The number of nitrogens with two attached hydrogens (primary N) is 2. The number of halogens is 2. The van der Waals surface area contributed by atoms with E-state index in [1.54, 1.807) is 0 Å². The van der Waals surface area contributed by atoms with E-state index in [4.69, 9.17) is 62.4 Å². The first-order valence-corrected chi connectivity index (χ1v) is 28.9. The Balaban J connectivity index is 0.000000253. The van der Waals surface area contributed by atoms with Gasteiger partial charge in [-0.05, 0) is 83.9 Å². The van der Waals surface area contributed by atoms with Gasteiger partial charge in [0.15, 0.2) is 23.0 Å². The summed E-state index contributed by atoms with van der Waals surface area (Å²) in [5.41, 5.74) is 16.5. The van der Waals surface area contributed by atoms with E-state index >= 15 is 0 Å². The van der Waals surface area contributed by atoms with E-state index in [1.807, 2.05) is 60.7 Å². The van der Waals surface area contributed by atoms with Gasteiger partial charge in [-0.15, -0.1) is 0 Å². The van der Waals surface area contributed by atoms with Gasteiger partial charge in [-0.1, -0.05) is 133 Å². The predicted molar refractivity (Wildman–Crippen MR) is 275 cm³/mol. The third kappa shape index (κ3) is 11.0. The topological polar surface area (TPSA) is 89.0 Å². The van der Waals surface area contributed by atoms with E-state index in [-0.39, 0.29) is 40.8 Å². The second kappa shape index (κ2) is 23.1. The molecule has 2 aliphatic rings. The zero-order chi connectivity index (χ0) is 45.0. The van der Waals surface area contributed by atoms with E-state index in [0.717, 1.165) is 45.3 Å². The van der Waals surface area contributed by atoms with Gasteiger partial charge in [0.05, 0.1) is 32.2 Å². The van der Waals surface area contributed by atoms with Crippen LogP contribution in [0, 0.1) is 0 Å². The SMILES string of the molecule is NC(c1ccccc1)C(N)c1ccccc1.SC(c1c([PH+](c2ccccc2)c2ccccc2)ccc2c1OCO2)c1c([PH+](c2ccccc2)c2ccccc2)ccc2c1OCO2.[Cl][Ru+2][Cl]. The summed E-state index contributed by atoms with van der Waals surface area (Å²) >= 11 is 5.20. The van der Waals surface area contributed by atoms with Crippen molar-refractivity contribution in [2.24, 2.45) is 11.5 Å². The van der Waals surface area contributed by atoms with E-state index in [1.165, 1.54) is 31.8 Å². The molecule has 4 N–H and O–H groups in total. The molecule has 2 atom stereocenters. The van der Waals surface area contributed by atoms with Crippen LogP contribution in [0.1, 0.15) is 39.6 Å². The molecule has 10 rings (SSSR count). The Kier molecular flexibility index (Phi) is 16.7. The van der Waals surface area contributed by atoms with Gasteiger partial charge in [0, 0.05) is 12.1 Å². The van der Waals surface area contributed by atoms with Crippen LogP contribution >= 0.6 is 47.9 Å². The van der Waals surface area contributed by atoms with Crippen molar-refractivity contribution in [1.82, 2.24) is 0 Å². The van der Waals surface area contributed by atoms with Crippen LogP contribution in [0.3, 0.4) is 0 Å². The van der Waals surface area contributed by atoms with Gasteiger partial charge in [-0.2, -0.15) is 12.6 Å². The summed E-state index contributed by atoms with van der Waals surface area (Å²) in [6.07, 6.45) is 0. The Bertz CT molecular complexity index is 2470. The molecule has 0 saturated carbocycles. The van der Waals surface area contributed by atoms with Crippen LogP contribution in [-0.4, -0.2) is 13.6 Å². The van der Waals surface area contributed by atoms with E-state index in [2.05, 4.69) is 146 Å². The molecule has 0 saturated heterocycles. The Morgan fingerprint density at radius 3 is 0.985 bits per heavy atom. The van der Waals surface area contributed by atoms with Crippen molar-refractivity contribution in [3.05, 3.63) is 229 Å². The van der Waals surface area contributed by atoms with Crippen LogP contribution < -0.4 is 62.2 Å². The summed E-state index contributed by atoms with van der Waals surface area (Å²) in [6, 6.07) is 71.3. The molecular weight excluding hydrogens is 995 g/mol. The first-order valence-electron chi connectivity index (χ1n) is 20.9. The van der Waals surface area contributed by atoms with Crippen LogP contribution in [0.25, 0.3) is 0 Å². The fourth-order valence-electron chi connectivity index (χ4n) is 8.25. The van der Waals surface area contributed by atoms with Crippen LogP contribution in [-0.2, 0) is 15.1 Å². The molecule has 2 heterocycles. The first-order chi connectivity index (χ1) is 32.0. The summed E-state index contributed by atoms with van der Waals surface area (Å²) in [7, 11) is 6.75. The molecule has 0 bridgehead atoms. The predicted octanol–water partition coefficient (Wildman–Crippen LogP) is 9.91. The van der Waals surface area contributed by atoms with Gasteiger partial charge >= 0.3 is 34.5 Å². The molecule has 0 aromatic heterocycles. The Morgan fingerprint density at radius 2 is 0.692 bits per heavy atom. The molecule has 0 spiro atoms. The Hall–Kier alpha value is -4.71. The van der Waals surface area contributed by atoms with Gasteiger partial charge in [-0.3, -0.25) is 0 Å². The monoisotopic (exact) mass is 1040 g/mol. The Morgan fingerprint density at radius 1 is 0.415 bits per heavy atom. The normalized spacial score (nSPS) is 13.1. The fourth-order valence-corrected chi connectivity index (χ4v) is 14.6. The number of hydrogen-bond acceptors (Lipinski definition) is 7. The van der Waals surface area contributed by atoms with Gasteiger partial charge in [0.1, 0.15) is 31.8 Å². The number of fused-ring (bicyclic) bond motifs is 2. The Labute approximate surface area is 404 Å². The van der Waals surface area contributed by atoms with Crippen molar-refractivity contribution in [3.8, 4) is 23.0 Å². The molecule has 65 heavy (non-hydrogen) atoms. The van der Waals surface area contributed by atoms with Crippen LogP contribution in [0.4, 0.5) is 0 Å². The summed E-state index contributed by atoms with van der Waals surface area (Å²) in [5.74, 6) is 2.98. The molecule has 8 aromatic rings. The second-order valence-electron chi connectivity index (χ2n) is 15.1. The van der Waals surface area contributed by atoms with Crippen LogP contribution in [0.5, 0.6) is 23.0 Å². The number of ether oxygens (including phenoxy) is 4. The van der Waals surface area contributed by atoms with E-state index < -0.39 is 21.1 Å². The summed E-state index contributed by atoms with van der Waals surface area (Å²) in [5, 5.41) is 7.18. The minimum atomic E-state index is -1.48. The van der Waals surface area contributed by atoms with Crippen LogP contribution in [0.15, 0.2) is 206 Å². The van der Waals surface area contributed by atoms with Crippen LogP contribution in [0.2, 0.25) is 0 Å². The first kappa shape index (κ1) is 46.8. The molecular formula is C53H48Cl2N2O4P2RuS+4.